The maximum absolute atomic E-state index is 14.2. The number of likely N-dealkylation sites (tertiary alicyclic amines) is 2. The zero-order chi connectivity index (χ0) is 31.6. The van der Waals surface area contributed by atoms with Gasteiger partial charge in [-0.2, -0.15) is 0 Å². The van der Waals surface area contributed by atoms with Crippen molar-refractivity contribution in [1.82, 2.24) is 19.4 Å². The van der Waals surface area contributed by atoms with Crippen molar-refractivity contribution in [3.63, 3.8) is 0 Å². The second-order valence-corrected chi connectivity index (χ2v) is 14.5. The summed E-state index contributed by atoms with van der Waals surface area (Å²) in [4.78, 5) is 27.1. The van der Waals surface area contributed by atoms with E-state index in [4.69, 9.17) is 9.72 Å². The van der Waals surface area contributed by atoms with Crippen LogP contribution in [0.15, 0.2) is 53.3 Å². The molecule has 1 aromatic heterocycles. The summed E-state index contributed by atoms with van der Waals surface area (Å²) in [5.41, 5.74) is 3.30. The zero-order valence-electron chi connectivity index (χ0n) is 28.4. The van der Waals surface area contributed by atoms with Gasteiger partial charge in [0.2, 0.25) is 0 Å². The molecule has 0 saturated carbocycles. The number of benzene rings is 2. The van der Waals surface area contributed by atoms with Crippen molar-refractivity contribution in [2.24, 2.45) is 11.8 Å². The summed E-state index contributed by atoms with van der Waals surface area (Å²) in [5.74, 6) is 2.28. The summed E-state index contributed by atoms with van der Waals surface area (Å²) < 4.78 is 8.68. The molecule has 7 nitrogen and oxygen atoms in total. The molecule has 0 bridgehead atoms. The highest BCUT2D eigenvalue weighted by Gasteiger charge is 2.42. The van der Waals surface area contributed by atoms with Crippen LogP contribution in [0, 0.1) is 11.8 Å². The Morgan fingerprint density at radius 1 is 0.978 bits per heavy atom. The van der Waals surface area contributed by atoms with E-state index in [-0.39, 0.29) is 23.3 Å². The fraction of sp³-hybridized carbons (Fsp3) is 0.632. The van der Waals surface area contributed by atoms with Crippen LogP contribution in [-0.4, -0.2) is 76.9 Å². The van der Waals surface area contributed by atoms with Crippen molar-refractivity contribution in [3.8, 4) is 0 Å². The summed E-state index contributed by atoms with van der Waals surface area (Å²) in [6.45, 7) is 19.0. The van der Waals surface area contributed by atoms with E-state index >= 15 is 0 Å². The Balaban J connectivity index is 1.21. The standard InChI is InChI=1S/C38H55N5O2/c1-6-11-35(41-24-28(3)22-29(4)25-41)36-39-34-15-14-32(23-33(34)37(44)43(36)7-2)42-26-30(5)45-38(27-42)17-20-40(21-18-38)19-16-31-12-9-8-10-13-31/h8-10,12-15,23,28-30,35H,6-7,11,16-22,24-27H2,1-5H3/t28-,29+,30-,35-/m0/s1. The van der Waals surface area contributed by atoms with Gasteiger partial charge in [-0.15, -0.1) is 0 Å². The van der Waals surface area contributed by atoms with Crippen LogP contribution in [0.1, 0.15) is 84.2 Å². The van der Waals surface area contributed by atoms with Gasteiger partial charge in [0.15, 0.2) is 0 Å². The molecule has 3 aliphatic heterocycles. The van der Waals surface area contributed by atoms with E-state index in [9.17, 15) is 4.79 Å². The molecular formula is C38H55N5O2. The Morgan fingerprint density at radius 2 is 1.71 bits per heavy atom. The first-order valence-corrected chi connectivity index (χ1v) is 17.7. The van der Waals surface area contributed by atoms with Crippen molar-refractivity contribution < 1.29 is 4.74 Å². The number of hydrogen-bond donors (Lipinski definition) is 0. The maximum atomic E-state index is 14.2. The lowest BCUT2D eigenvalue weighted by atomic mass is 9.88. The Morgan fingerprint density at radius 3 is 2.40 bits per heavy atom. The van der Waals surface area contributed by atoms with Crippen molar-refractivity contribution >= 4 is 16.6 Å². The van der Waals surface area contributed by atoms with Crippen molar-refractivity contribution in [2.45, 2.75) is 97.4 Å². The largest absolute Gasteiger partial charge is 0.368 e. The van der Waals surface area contributed by atoms with Gasteiger partial charge in [-0.3, -0.25) is 14.3 Å². The number of rotatable bonds is 9. The lowest BCUT2D eigenvalue weighted by Crippen LogP contribution is -2.59. The SMILES string of the molecule is CCC[C@@H](c1nc2ccc(N3C[C@H](C)OC4(CCN(CCc5ccccc5)CC4)C3)cc2c(=O)n1CC)N1C[C@H](C)C[C@H](C)C1. The third kappa shape index (κ3) is 7.16. The molecule has 0 radical (unpaired) electrons. The van der Waals surface area contributed by atoms with Crippen LogP contribution >= 0.6 is 0 Å². The number of anilines is 1. The minimum Gasteiger partial charge on any atom is -0.368 e. The van der Waals surface area contributed by atoms with Crippen LogP contribution < -0.4 is 10.5 Å². The summed E-state index contributed by atoms with van der Waals surface area (Å²) in [6.07, 6.45) is 6.68. The lowest BCUT2D eigenvalue weighted by Gasteiger charge is -2.50. The highest BCUT2D eigenvalue weighted by Crippen LogP contribution is 2.36. The second kappa shape index (κ2) is 13.9. The number of hydrogen-bond acceptors (Lipinski definition) is 6. The van der Waals surface area contributed by atoms with Gasteiger partial charge in [-0.25, -0.2) is 4.98 Å². The Bertz CT molecular complexity index is 1470. The first-order chi connectivity index (χ1) is 21.8. The normalized spacial score (nSPS) is 25.2. The zero-order valence-corrected chi connectivity index (χ0v) is 28.4. The van der Waals surface area contributed by atoms with Gasteiger partial charge in [0, 0.05) is 58.0 Å². The molecule has 244 valence electrons. The average Bonchev–Trinajstić information content (AvgIpc) is 3.03. The van der Waals surface area contributed by atoms with Gasteiger partial charge in [0.25, 0.3) is 5.56 Å². The summed E-state index contributed by atoms with van der Waals surface area (Å²) >= 11 is 0. The molecule has 2 aromatic carbocycles. The number of ether oxygens (including phenoxy) is 1. The van der Waals surface area contributed by atoms with Gasteiger partial charge < -0.3 is 14.5 Å². The molecule has 0 amide bonds. The second-order valence-electron chi connectivity index (χ2n) is 14.5. The fourth-order valence-corrected chi connectivity index (χ4v) is 8.51. The molecule has 0 unspecified atom stereocenters. The van der Waals surface area contributed by atoms with E-state index in [1.165, 1.54) is 12.0 Å². The van der Waals surface area contributed by atoms with E-state index in [0.717, 1.165) is 100 Å². The molecule has 1 spiro atoms. The molecule has 6 rings (SSSR count). The molecule has 7 heteroatoms. The predicted molar refractivity (Wildman–Crippen MR) is 185 cm³/mol. The van der Waals surface area contributed by atoms with Gasteiger partial charge in [-0.05, 0) is 81.5 Å². The lowest BCUT2D eigenvalue weighted by molar-refractivity contribution is -0.126. The highest BCUT2D eigenvalue weighted by molar-refractivity contribution is 5.82. The van der Waals surface area contributed by atoms with Crippen molar-refractivity contribution in [1.29, 1.82) is 0 Å². The third-order valence-electron chi connectivity index (χ3n) is 10.6. The van der Waals surface area contributed by atoms with E-state index in [2.05, 4.69) is 97.8 Å². The first kappa shape index (κ1) is 32.2. The topological polar surface area (TPSA) is 53.8 Å². The van der Waals surface area contributed by atoms with Crippen LogP contribution in [0.2, 0.25) is 0 Å². The van der Waals surface area contributed by atoms with Gasteiger partial charge in [0.05, 0.1) is 28.6 Å². The van der Waals surface area contributed by atoms with E-state index in [1.54, 1.807) is 0 Å². The van der Waals surface area contributed by atoms with Crippen LogP contribution in [0.3, 0.4) is 0 Å². The molecule has 45 heavy (non-hydrogen) atoms. The smallest absolute Gasteiger partial charge is 0.261 e. The molecule has 0 N–H and O–H groups in total. The molecule has 4 atom stereocenters. The molecule has 0 aliphatic carbocycles. The van der Waals surface area contributed by atoms with E-state index in [1.807, 2.05) is 4.57 Å². The Kier molecular flexibility index (Phi) is 9.98. The average molecular weight is 614 g/mol. The monoisotopic (exact) mass is 613 g/mol. The van der Waals surface area contributed by atoms with Crippen LogP contribution in [0.4, 0.5) is 5.69 Å². The van der Waals surface area contributed by atoms with Crippen molar-refractivity contribution in [3.05, 3.63) is 70.3 Å². The van der Waals surface area contributed by atoms with Crippen molar-refractivity contribution in [2.75, 3.05) is 50.7 Å². The van der Waals surface area contributed by atoms with Gasteiger partial charge in [-0.1, -0.05) is 57.5 Å². The highest BCUT2D eigenvalue weighted by atomic mass is 16.5. The van der Waals surface area contributed by atoms with Gasteiger partial charge >= 0.3 is 0 Å². The number of piperidine rings is 2. The van der Waals surface area contributed by atoms with Crippen LogP contribution in [0.5, 0.6) is 0 Å². The van der Waals surface area contributed by atoms with Gasteiger partial charge in [0.1, 0.15) is 5.82 Å². The third-order valence-corrected chi connectivity index (χ3v) is 10.6. The maximum Gasteiger partial charge on any atom is 0.261 e. The number of nitrogens with zero attached hydrogens (tertiary/aromatic N) is 5. The summed E-state index contributed by atoms with van der Waals surface area (Å²) in [6, 6.07) is 17.4. The molecule has 3 aromatic rings. The summed E-state index contributed by atoms with van der Waals surface area (Å²) in [7, 11) is 0. The number of morpholine rings is 1. The summed E-state index contributed by atoms with van der Waals surface area (Å²) in [5, 5.41) is 0.734. The molecule has 4 heterocycles. The quantitative estimate of drug-likeness (QED) is 0.273. The first-order valence-electron chi connectivity index (χ1n) is 17.7. The predicted octanol–water partition coefficient (Wildman–Crippen LogP) is 6.54. The Hall–Kier alpha value is -2.74. The molecular weight excluding hydrogens is 558 g/mol. The molecule has 3 fully saturated rings. The van der Waals surface area contributed by atoms with Crippen LogP contribution in [-0.2, 0) is 17.7 Å². The Labute approximate surface area is 270 Å². The van der Waals surface area contributed by atoms with Crippen LogP contribution in [0.25, 0.3) is 10.9 Å². The van der Waals surface area contributed by atoms with E-state index < -0.39 is 0 Å². The minimum atomic E-state index is -0.141. The minimum absolute atomic E-state index is 0.0984. The van der Waals surface area contributed by atoms with E-state index in [0.29, 0.717) is 18.4 Å². The fourth-order valence-electron chi connectivity index (χ4n) is 8.51. The molecule has 3 saturated heterocycles. The number of fused-ring (bicyclic) bond motifs is 1. The molecule has 3 aliphatic rings. The number of aromatic nitrogens is 2.